The highest BCUT2D eigenvalue weighted by molar-refractivity contribution is 4.96. The Morgan fingerprint density at radius 2 is 2.10 bits per heavy atom. The van der Waals surface area contributed by atoms with Gasteiger partial charge in [-0.05, 0) is 6.42 Å². The third-order valence-electron chi connectivity index (χ3n) is 2.05. The van der Waals surface area contributed by atoms with Crippen molar-refractivity contribution in [1.29, 1.82) is 0 Å². The van der Waals surface area contributed by atoms with Gasteiger partial charge in [-0.3, -0.25) is 0 Å². The van der Waals surface area contributed by atoms with Crippen molar-refractivity contribution in [1.82, 2.24) is 0 Å². The van der Waals surface area contributed by atoms with Crippen LogP contribution in [-0.2, 0) is 0 Å². The lowest BCUT2D eigenvalue weighted by atomic mass is 9.94. The van der Waals surface area contributed by atoms with Gasteiger partial charge in [-0.15, -0.1) is 0 Å². The molecule has 0 fully saturated rings. The zero-order valence-corrected chi connectivity index (χ0v) is 7.48. The summed E-state index contributed by atoms with van der Waals surface area (Å²) in [5.41, 5.74) is 1.38. The minimum atomic E-state index is 0.757. The van der Waals surface area contributed by atoms with E-state index in [4.69, 9.17) is 0 Å². The molecule has 0 bridgehead atoms. The molecule has 0 nitrogen and oxygen atoms in total. The number of rotatable bonds is 5. The van der Waals surface area contributed by atoms with Crippen molar-refractivity contribution in [3.05, 3.63) is 18.6 Å². The lowest BCUT2D eigenvalue weighted by Gasteiger charge is -2.21. The molecule has 0 N–H and O–H groups in total. The van der Waals surface area contributed by atoms with Gasteiger partial charge in [-0.1, -0.05) is 38.8 Å². The van der Waals surface area contributed by atoms with Crippen LogP contribution in [0.25, 0.3) is 0 Å². The third kappa shape index (κ3) is 3.71. The topological polar surface area (TPSA) is 0 Å². The number of allylic oxidation sites excluding steroid dienone is 1. The summed E-state index contributed by atoms with van der Waals surface area (Å²) >= 11 is 0. The predicted octanol–water partition coefficient (Wildman–Crippen LogP) is 3.59. The Balaban J connectivity index is 3.52. The molecule has 0 aromatic heterocycles. The second-order valence-corrected chi connectivity index (χ2v) is 2.81. The summed E-state index contributed by atoms with van der Waals surface area (Å²) in [6, 6.07) is 0. The van der Waals surface area contributed by atoms with Crippen LogP contribution in [0.15, 0.2) is 12.2 Å². The van der Waals surface area contributed by atoms with Crippen molar-refractivity contribution in [2.24, 2.45) is 5.92 Å². The van der Waals surface area contributed by atoms with E-state index < -0.39 is 0 Å². The number of hydrogen-bond donors (Lipinski definition) is 0. The lowest BCUT2D eigenvalue weighted by molar-refractivity contribution is 0.572. The Morgan fingerprint density at radius 3 is 2.40 bits per heavy atom. The molecule has 0 radical (unpaired) electrons. The first-order valence-corrected chi connectivity index (χ1v) is 4.20. The van der Waals surface area contributed by atoms with Crippen molar-refractivity contribution in [3.8, 4) is 0 Å². The highest BCUT2D eigenvalue weighted by Gasteiger charge is 1.95. The monoisotopic (exact) mass is 139 g/mol. The van der Waals surface area contributed by atoms with E-state index in [-0.39, 0.29) is 0 Å². The molecular weight excluding hydrogens is 120 g/mol. The summed E-state index contributed by atoms with van der Waals surface area (Å²) < 4.78 is 0. The lowest BCUT2D eigenvalue weighted by Crippen LogP contribution is -1.98. The van der Waals surface area contributed by atoms with Crippen molar-refractivity contribution in [2.75, 3.05) is 0 Å². The molecule has 0 heterocycles. The molecule has 1 unspecified atom stereocenters. The van der Waals surface area contributed by atoms with Crippen LogP contribution in [0.3, 0.4) is 0 Å². The van der Waals surface area contributed by atoms with Crippen molar-refractivity contribution in [2.45, 2.75) is 40.0 Å². The molecule has 0 saturated heterocycles. The van der Waals surface area contributed by atoms with E-state index in [1.165, 1.54) is 18.4 Å². The molecule has 0 aliphatic heterocycles. The molecule has 0 amide bonds. The van der Waals surface area contributed by atoms with E-state index >= 15 is 0 Å². The third-order valence-corrected chi connectivity index (χ3v) is 2.05. The minimum Gasteiger partial charge on any atom is -0.328 e. The smallest absolute Gasteiger partial charge is 0.0352 e. The predicted molar refractivity (Wildman–Crippen MR) is 47.8 cm³/mol. The summed E-state index contributed by atoms with van der Waals surface area (Å²) in [5.74, 6) is 0.757. The first-order chi connectivity index (χ1) is 4.74. The van der Waals surface area contributed by atoms with Crippen molar-refractivity contribution >= 4 is 0 Å². The van der Waals surface area contributed by atoms with Gasteiger partial charge in [-0.2, -0.15) is 12.8 Å². The van der Waals surface area contributed by atoms with Crippen LogP contribution in [-0.4, -0.2) is 0 Å². The molecule has 0 spiro atoms. The molecule has 0 rings (SSSR count). The summed E-state index contributed by atoms with van der Waals surface area (Å²) in [6.07, 6.45) is 5.84. The van der Waals surface area contributed by atoms with E-state index in [1.807, 2.05) is 0 Å². The van der Waals surface area contributed by atoms with Gasteiger partial charge >= 0.3 is 0 Å². The summed E-state index contributed by atoms with van der Waals surface area (Å²) in [5, 5.41) is 0. The molecular formula is C10H19-. The highest BCUT2D eigenvalue weighted by atomic mass is 14.1. The molecule has 10 heavy (non-hydrogen) atoms. The van der Waals surface area contributed by atoms with Gasteiger partial charge in [0.25, 0.3) is 0 Å². The van der Waals surface area contributed by atoms with E-state index in [1.54, 1.807) is 0 Å². The molecule has 1 atom stereocenters. The van der Waals surface area contributed by atoms with Gasteiger partial charge in [0.05, 0.1) is 0 Å². The maximum Gasteiger partial charge on any atom is -0.0352 e. The van der Waals surface area contributed by atoms with Crippen molar-refractivity contribution < 1.29 is 0 Å². The Hall–Kier alpha value is -0.260. The molecule has 0 aromatic carbocycles. The minimum absolute atomic E-state index is 0.757. The maximum atomic E-state index is 3.99. The maximum absolute atomic E-state index is 3.99. The van der Waals surface area contributed by atoms with Crippen LogP contribution >= 0.6 is 0 Å². The molecule has 0 aliphatic carbocycles. The van der Waals surface area contributed by atoms with E-state index in [2.05, 4.69) is 33.8 Å². The zero-order chi connectivity index (χ0) is 7.98. The summed E-state index contributed by atoms with van der Waals surface area (Å²) in [4.78, 5) is 0. The normalized spacial score (nSPS) is 13.1. The molecule has 0 saturated carbocycles. The van der Waals surface area contributed by atoms with Gasteiger partial charge in [0.2, 0.25) is 0 Å². The SMILES string of the molecule is C=C(CC)CC([CH-]C)CC. The standard InChI is InChI=1S/C10H19/c1-5-9(4)8-10(6-2)7-3/h6,10H,4-5,7-8H2,1-3H3/q-1. The molecule has 0 aliphatic rings. The fourth-order valence-corrected chi connectivity index (χ4v) is 1.01. The zero-order valence-electron chi connectivity index (χ0n) is 7.48. The van der Waals surface area contributed by atoms with Crippen LogP contribution < -0.4 is 0 Å². The average Bonchev–Trinajstić information content (AvgIpc) is 1.99. The van der Waals surface area contributed by atoms with E-state index in [0.717, 1.165) is 12.3 Å². The average molecular weight is 139 g/mol. The Bertz CT molecular complexity index is 88.2. The quantitative estimate of drug-likeness (QED) is 0.403. The number of hydrogen-bond acceptors (Lipinski definition) is 0. The Morgan fingerprint density at radius 1 is 1.50 bits per heavy atom. The van der Waals surface area contributed by atoms with E-state index in [0.29, 0.717) is 0 Å². The Kier molecular flexibility index (Phi) is 5.38. The highest BCUT2D eigenvalue weighted by Crippen LogP contribution is 2.17. The van der Waals surface area contributed by atoms with E-state index in [9.17, 15) is 0 Å². The fraction of sp³-hybridized carbons (Fsp3) is 0.700. The van der Waals surface area contributed by atoms with Crippen LogP contribution in [0.1, 0.15) is 40.0 Å². The molecule has 0 heteroatoms. The van der Waals surface area contributed by atoms with Crippen LogP contribution in [0.2, 0.25) is 0 Å². The van der Waals surface area contributed by atoms with Crippen molar-refractivity contribution in [3.63, 3.8) is 0 Å². The summed E-state index contributed by atoms with van der Waals surface area (Å²) in [7, 11) is 0. The first-order valence-electron chi connectivity index (χ1n) is 4.20. The molecule has 0 aromatic rings. The van der Waals surface area contributed by atoms with Crippen LogP contribution in [0.4, 0.5) is 0 Å². The second kappa shape index (κ2) is 5.52. The van der Waals surface area contributed by atoms with Gasteiger partial charge in [0, 0.05) is 0 Å². The largest absolute Gasteiger partial charge is 0.328 e. The van der Waals surface area contributed by atoms with Crippen LogP contribution in [0, 0.1) is 12.3 Å². The van der Waals surface area contributed by atoms with Gasteiger partial charge in [0.1, 0.15) is 0 Å². The van der Waals surface area contributed by atoms with Gasteiger partial charge < -0.3 is 6.42 Å². The van der Waals surface area contributed by atoms with Crippen LogP contribution in [0.5, 0.6) is 0 Å². The molecule has 60 valence electrons. The van der Waals surface area contributed by atoms with Gasteiger partial charge in [0.15, 0.2) is 0 Å². The second-order valence-electron chi connectivity index (χ2n) is 2.81. The van der Waals surface area contributed by atoms with Gasteiger partial charge in [-0.25, -0.2) is 0 Å². The summed E-state index contributed by atoms with van der Waals surface area (Å²) in [6.45, 7) is 10.5. The Labute approximate surface area is 65.3 Å². The first kappa shape index (κ1) is 9.74. The fourth-order valence-electron chi connectivity index (χ4n) is 1.01.